The molecule has 12 nitrogen and oxygen atoms in total. The van der Waals surface area contributed by atoms with Gasteiger partial charge in [-0.2, -0.15) is 4.98 Å². The first kappa shape index (κ1) is 30.7. The molecule has 0 saturated carbocycles. The number of piperazine rings is 1. The van der Waals surface area contributed by atoms with Gasteiger partial charge in [-0.3, -0.25) is 9.78 Å². The first-order chi connectivity index (χ1) is 20.9. The molecular formula is C31H33ClN6O6. The van der Waals surface area contributed by atoms with E-state index in [1.165, 1.54) is 23.5 Å². The molecule has 1 atom stereocenters. The highest BCUT2D eigenvalue weighted by Crippen LogP contribution is 2.42. The molecule has 0 bridgehead atoms. The number of fused-ring (bicyclic) bond motifs is 1. The Hall–Kier alpha value is -4.71. The molecule has 13 heteroatoms. The largest absolute Gasteiger partial charge is 0.493 e. The number of amides is 1. The molecule has 1 fully saturated rings. The SMILES string of the molecule is COc1cccc(-c2nc3c(cc2Cl)c(N2CCN(C(=O)O)CC2C)nc(=O)n3-c2c(C)ccnc2C(C)C)c1OC(C)=O. The lowest BCUT2D eigenvalue weighted by Crippen LogP contribution is -2.54. The van der Waals surface area contributed by atoms with E-state index in [1.807, 2.05) is 38.7 Å². The summed E-state index contributed by atoms with van der Waals surface area (Å²) in [5.74, 6) is 0.199. The second kappa shape index (κ2) is 12.1. The number of ether oxygens (including phenoxy) is 2. The predicted octanol–water partition coefficient (Wildman–Crippen LogP) is 5.05. The fraction of sp³-hybridized carbons (Fsp3) is 0.355. The van der Waals surface area contributed by atoms with Crippen molar-refractivity contribution in [3.05, 3.63) is 63.3 Å². The highest BCUT2D eigenvalue weighted by Gasteiger charge is 2.31. The normalized spacial score (nSPS) is 15.1. The molecule has 4 heterocycles. The lowest BCUT2D eigenvalue weighted by atomic mass is 10.0. The topological polar surface area (TPSA) is 140 Å². The number of hydrogen-bond acceptors (Lipinski definition) is 9. The summed E-state index contributed by atoms with van der Waals surface area (Å²) in [6.07, 6.45) is 0.693. The fourth-order valence-corrected chi connectivity index (χ4v) is 5.81. The minimum absolute atomic E-state index is 0.0311. The fourth-order valence-electron chi connectivity index (χ4n) is 5.56. The van der Waals surface area contributed by atoms with Gasteiger partial charge in [-0.15, -0.1) is 0 Å². The van der Waals surface area contributed by atoms with Crippen molar-refractivity contribution < 1.29 is 24.2 Å². The number of nitrogens with zero attached hydrogens (tertiary/aromatic N) is 6. The molecule has 1 aliphatic rings. The number of carbonyl (C=O) groups is 2. The van der Waals surface area contributed by atoms with Crippen LogP contribution in [0.15, 0.2) is 41.3 Å². The maximum absolute atomic E-state index is 14.1. The number of methoxy groups -OCH3 is 1. The lowest BCUT2D eigenvalue weighted by Gasteiger charge is -2.39. The summed E-state index contributed by atoms with van der Waals surface area (Å²) in [4.78, 5) is 55.1. The number of halogens is 1. The number of carbonyl (C=O) groups excluding carboxylic acids is 1. The molecule has 230 valence electrons. The minimum Gasteiger partial charge on any atom is -0.493 e. The van der Waals surface area contributed by atoms with Crippen molar-refractivity contribution in [3.63, 3.8) is 0 Å². The van der Waals surface area contributed by atoms with Crippen molar-refractivity contribution in [1.82, 2.24) is 24.4 Å². The van der Waals surface area contributed by atoms with Gasteiger partial charge in [0.15, 0.2) is 17.1 Å². The quantitative estimate of drug-likeness (QED) is 0.230. The number of pyridine rings is 2. The maximum Gasteiger partial charge on any atom is 0.407 e. The Morgan fingerprint density at radius 1 is 1.16 bits per heavy atom. The highest BCUT2D eigenvalue weighted by atomic mass is 35.5. The molecule has 1 N–H and O–H groups in total. The van der Waals surface area contributed by atoms with Gasteiger partial charge in [0.1, 0.15) is 5.82 Å². The second-order valence-corrected chi connectivity index (χ2v) is 11.4. The van der Waals surface area contributed by atoms with Gasteiger partial charge in [-0.25, -0.2) is 19.1 Å². The molecular weight excluding hydrogens is 588 g/mol. The van der Waals surface area contributed by atoms with Gasteiger partial charge >= 0.3 is 17.8 Å². The number of rotatable bonds is 6. The van der Waals surface area contributed by atoms with Crippen LogP contribution in [0.25, 0.3) is 28.0 Å². The molecule has 1 aromatic carbocycles. The smallest absolute Gasteiger partial charge is 0.407 e. The number of para-hydroxylation sites is 1. The van der Waals surface area contributed by atoms with Crippen LogP contribution in [-0.4, -0.2) is 74.4 Å². The van der Waals surface area contributed by atoms with Crippen LogP contribution in [0.5, 0.6) is 11.5 Å². The molecule has 3 aromatic heterocycles. The van der Waals surface area contributed by atoms with Gasteiger partial charge in [0.2, 0.25) is 0 Å². The molecule has 44 heavy (non-hydrogen) atoms. The van der Waals surface area contributed by atoms with Crippen LogP contribution in [0, 0.1) is 6.92 Å². The number of aromatic nitrogens is 4. The zero-order valence-electron chi connectivity index (χ0n) is 25.3. The van der Waals surface area contributed by atoms with E-state index in [-0.39, 0.29) is 47.2 Å². The first-order valence-corrected chi connectivity index (χ1v) is 14.5. The Balaban J connectivity index is 1.86. The van der Waals surface area contributed by atoms with Crippen molar-refractivity contribution in [2.24, 2.45) is 0 Å². The number of aryl methyl sites for hydroxylation is 1. The van der Waals surface area contributed by atoms with Crippen LogP contribution in [0.2, 0.25) is 5.02 Å². The molecule has 4 aromatic rings. The van der Waals surface area contributed by atoms with Crippen LogP contribution in [0.4, 0.5) is 10.6 Å². The third kappa shape index (κ3) is 5.52. The second-order valence-electron chi connectivity index (χ2n) is 11.0. The van der Waals surface area contributed by atoms with Crippen molar-refractivity contribution in [2.75, 3.05) is 31.6 Å². The molecule has 0 aliphatic carbocycles. The summed E-state index contributed by atoms with van der Waals surface area (Å²) < 4.78 is 12.5. The average Bonchev–Trinajstić information content (AvgIpc) is 2.97. The standard InChI is InChI=1S/C31H33ClN6O6/c1-16(2)24-26(17(3)10-11-33-24)38-29-21(28(35-30(38)40)37-13-12-36(31(41)42)15-18(37)4)14-22(32)25(34-29)20-8-7-9-23(43-6)27(20)44-19(5)39/h7-11,14,16,18H,12-13,15H2,1-6H3,(H,41,42). The van der Waals surface area contributed by atoms with Crippen LogP contribution < -0.4 is 20.1 Å². The van der Waals surface area contributed by atoms with Crippen LogP contribution >= 0.6 is 11.6 Å². The number of anilines is 1. The van der Waals surface area contributed by atoms with Gasteiger partial charge < -0.3 is 24.4 Å². The molecule has 0 radical (unpaired) electrons. The zero-order chi connectivity index (χ0) is 31.9. The third-order valence-electron chi connectivity index (χ3n) is 7.60. The van der Waals surface area contributed by atoms with E-state index >= 15 is 0 Å². The van der Waals surface area contributed by atoms with E-state index in [1.54, 1.807) is 30.5 Å². The van der Waals surface area contributed by atoms with E-state index < -0.39 is 17.8 Å². The summed E-state index contributed by atoms with van der Waals surface area (Å²) >= 11 is 6.93. The van der Waals surface area contributed by atoms with E-state index in [4.69, 9.17) is 26.1 Å². The summed E-state index contributed by atoms with van der Waals surface area (Å²) in [5.41, 5.74) is 2.38. The van der Waals surface area contributed by atoms with Gasteiger partial charge in [0.25, 0.3) is 0 Å². The van der Waals surface area contributed by atoms with Crippen molar-refractivity contribution >= 4 is 40.5 Å². The molecule has 5 rings (SSSR count). The Labute approximate surface area is 258 Å². The van der Waals surface area contributed by atoms with Gasteiger partial charge in [-0.1, -0.05) is 31.5 Å². The maximum atomic E-state index is 14.1. The van der Waals surface area contributed by atoms with Gasteiger partial charge in [0.05, 0.1) is 34.6 Å². The average molecular weight is 621 g/mol. The third-order valence-corrected chi connectivity index (χ3v) is 7.88. The van der Waals surface area contributed by atoms with Crippen molar-refractivity contribution in [3.8, 4) is 28.4 Å². The first-order valence-electron chi connectivity index (χ1n) is 14.1. The van der Waals surface area contributed by atoms with E-state index in [0.29, 0.717) is 40.4 Å². The zero-order valence-corrected chi connectivity index (χ0v) is 26.0. The van der Waals surface area contributed by atoms with E-state index in [9.17, 15) is 19.5 Å². The number of carboxylic acid groups (broad SMARTS) is 1. The minimum atomic E-state index is -1.01. The summed E-state index contributed by atoms with van der Waals surface area (Å²) in [7, 11) is 1.46. The predicted molar refractivity (Wildman–Crippen MR) is 166 cm³/mol. The highest BCUT2D eigenvalue weighted by molar-refractivity contribution is 6.34. The molecule has 1 amide bonds. The molecule has 1 unspecified atom stereocenters. The Morgan fingerprint density at radius 3 is 2.55 bits per heavy atom. The number of benzene rings is 1. The Kier molecular flexibility index (Phi) is 8.46. The Bertz CT molecular complexity index is 1840. The van der Waals surface area contributed by atoms with Crippen LogP contribution in [0.3, 0.4) is 0 Å². The van der Waals surface area contributed by atoms with Crippen LogP contribution in [-0.2, 0) is 4.79 Å². The molecule has 0 spiro atoms. The van der Waals surface area contributed by atoms with Gasteiger partial charge in [0, 0.05) is 44.4 Å². The summed E-state index contributed by atoms with van der Waals surface area (Å²) in [6.45, 7) is 9.80. The lowest BCUT2D eigenvalue weighted by molar-refractivity contribution is -0.131. The van der Waals surface area contributed by atoms with Crippen LogP contribution in [0.1, 0.15) is 44.9 Å². The molecule has 1 saturated heterocycles. The summed E-state index contributed by atoms with van der Waals surface area (Å²) in [6, 6.07) is 8.29. The van der Waals surface area contributed by atoms with Gasteiger partial charge in [-0.05, 0) is 49.6 Å². The van der Waals surface area contributed by atoms with Crippen molar-refractivity contribution in [1.29, 1.82) is 0 Å². The monoisotopic (exact) mass is 620 g/mol. The number of hydrogen-bond donors (Lipinski definition) is 1. The van der Waals surface area contributed by atoms with E-state index in [2.05, 4.69) is 9.97 Å². The van der Waals surface area contributed by atoms with E-state index in [0.717, 1.165) is 5.56 Å². The molecule has 1 aliphatic heterocycles. The number of esters is 1. The Morgan fingerprint density at radius 2 is 1.91 bits per heavy atom. The summed E-state index contributed by atoms with van der Waals surface area (Å²) in [5, 5.41) is 10.3. The van der Waals surface area contributed by atoms with Crippen molar-refractivity contribution in [2.45, 2.75) is 46.6 Å².